The third kappa shape index (κ3) is 6.53. The average Bonchev–Trinajstić information content (AvgIpc) is 3.05. The molecule has 0 amide bonds. The number of nitrogens with zero attached hydrogens (tertiary/aromatic N) is 2. The Bertz CT molecular complexity index is 4470. The Balaban J connectivity index is 0.798. The van der Waals surface area contributed by atoms with Gasteiger partial charge in [-0.05, 0) is 214 Å². The first kappa shape index (κ1) is 44.5. The van der Waals surface area contributed by atoms with Crippen LogP contribution in [0.3, 0.4) is 0 Å². The van der Waals surface area contributed by atoms with Crippen molar-refractivity contribution in [3.05, 3.63) is 275 Å². The van der Waals surface area contributed by atoms with Crippen molar-refractivity contribution in [3.8, 4) is 75.4 Å². The second-order valence-corrected chi connectivity index (χ2v) is 23.7. The van der Waals surface area contributed by atoms with Gasteiger partial charge >= 0.3 is 0 Å². The Morgan fingerprint density at radius 1 is 0.273 bits per heavy atom. The van der Waals surface area contributed by atoms with Crippen LogP contribution < -0.4 is 0 Å². The van der Waals surface area contributed by atoms with Crippen molar-refractivity contribution in [2.75, 3.05) is 0 Å². The number of fused-ring (bicyclic) bond motifs is 16. The number of para-hydroxylation sites is 2. The predicted molar refractivity (Wildman–Crippen MR) is 328 cm³/mol. The molecule has 0 bridgehead atoms. The molecule has 0 radical (unpaired) electrons. The van der Waals surface area contributed by atoms with Crippen molar-refractivity contribution < 1.29 is 0 Å². The van der Waals surface area contributed by atoms with E-state index >= 15 is 0 Å². The van der Waals surface area contributed by atoms with Gasteiger partial charge in [-0.1, -0.05) is 133 Å². The summed E-state index contributed by atoms with van der Waals surface area (Å²) in [6, 6.07) is 87.7. The topological polar surface area (TPSA) is 9.86 Å². The quantitative estimate of drug-likeness (QED) is 0.157. The van der Waals surface area contributed by atoms with Crippen LogP contribution in [0, 0.1) is 27.7 Å². The van der Waals surface area contributed by atoms with E-state index in [-0.39, 0.29) is 0 Å². The van der Waals surface area contributed by atoms with Gasteiger partial charge in [0, 0.05) is 52.4 Å². The lowest BCUT2D eigenvalue weighted by atomic mass is 9.70. The van der Waals surface area contributed by atoms with Crippen LogP contribution in [0.2, 0.25) is 0 Å². The molecule has 0 saturated heterocycles. The van der Waals surface area contributed by atoms with Crippen LogP contribution in [0.5, 0.6) is 0 Å². The fourth-order valence-corrected chi connectivity index (χ4v) is 15.7. The smallest absolute Gasteiger partial charge is 0.0725 e. The molecule has 364 valence electrons. The number of hydrogen-bond acceptors (Lipinski definition) is 2. The van der Waals surface area contributed by atoms with E-state index in [0.717, 1.165) is 0 Å². The number of hydrogen-bond donors (Lipinski definition) is 0. The lowest BCUT2D eigenvalue weighted by Crippen LogP contribution is -2.26. The van der Waals surface area contributed by atoms with E-state index in [4.69, 9.17) is 0 Å². The van der Waals surface area contributed by atoms with Gasteiger partial charge < -0.3 is 9.13 Å². The minimum Gasteiger partial charge on any atom is -0.309 e. The molecule has 14 aromatic rings. The molecule has 10 aromatic carbocycles. The predicted octanol–water partition coefficient (Wildman–Crippen LogP) is 20.2. The van der Waals surface area contributed by atoms with Crippen molar-refractivity contribution in [2.24, 2.45) is 0 Å². The highest BCUT2D eigenvalue weighted by molar-refractivity contribution is 7.19. The second kappa shape index (κ2) is 16.6. The van der Waals surface area contributed by atoms with Crippen molar-refractivity contribution in [1.29, 1.82) is 0 Å². The van der Waals surface area contributed by atoms with E-state index in [0.29, 0.717) is 0 Å². The molecule has 0 fully saturated rings. The van der Waals surface area contributed by atoms with E-state index in [9.17, 15) is 0 Å². The Kier molecular flexibility index (Phi) is 9.59. The van der Waals surface area contributed by atoms with Crippen LogP contribution in [0.4, 0.5) is 0 Å². The maximum atomic E-state index is 2.53. The van der Waals surface area contributed by atoms with E-state index in [2.05, 4.69) is 267 Å². The minimum absolute atomic E-state index is 0.478. The zero-order valence-corrected chi connectivity index (χ0v) is 44.8. The molecule has 0 unspecified atom stereocenters. The number of thiophene rings is 2. The first-order valence-electron chi connectivity index (χ1n) is 26.7. The summed E-state index contributed by atoms with van der Waals surface area (Å²) in [5.41, 5.74) is 27.6. The summed E-state index contributed by atoms with van der Waals surface area (Å²) in [5, 5.41) is 5.10. The lowest BCUT2D eigenvalue weighted by molar-refractivity contribution is 0.794. The van der Waals surface area contributed by atoms with Gasteiger partial charge in [-0.2, -0.15) is 0 Å². The number of benzene rings is 10. The molecule has 0 aliphatic heterocycles. The standard InChI is InChI=1S/C73H50N2S2/c1-43-33-44(2)36-51(35-43)74-65-19-11-7-15-57(65)59-39-47(23-27-67(59)74)69-29-31-71(76-69)49-21-25-55-56-26-22-50(42-64(56)73(63(55)41-49)61-17-9-5-13-53(61)54-14-6-10-18-62(54)73)72-32-30-70(77-72)48-24-28-68-60(40-48)58-16-8-12-20-66(58)75(68)52-37-45(3)34-46(4)38-52/h5-42H,1-4H3. The summed E-state index contributed by atoms with van der Waals surface area (Å²) in [6.45, 7) is 8.76. The number of rotatable bonds is 6. The molecule has 4 heteroatoms. The molecule has 4 heterocycles. The largest absolute Gasteiger partial charge is 0.309 e. The van der Waals surface area contributed by atoms with Crippen LogP contribution in [0.1, 0.15) is 44.5 Å². The van der Waals surface area contributed by atoms with Gasteiger partial charge in [0.05, 0.1) is 27.5 Å². The van der Waals surface area contributed by atoms with Gasteiger partial charge in [0.2, 0.25) is 0 Å². The molecule has 2 nitrogen and oxygen atoms in total. The van der Waals surface area contributed by atoms with Crippen molar-refractivity contribution in [2.45, 2.75) is 33.1 Å². The number of aromatic nitrogens is 2. The van der Waals surface area contributed by atoms with Crippen LogP contribution in [-0.2, 0) is 5.41 Å². The average molecular weight is 1020 g/mol. The highest BCUT2D eigenvalue weighted by Gasteiger charge is 2.52. The molecule has 2 aliphatic rings. The van der Waals surface area contributed by atoms with E-state index in [1.165, 1.54) is 164 Å². The summed E-state index contributed by atoms with van der Waals surface area (Å²) in [6.07, 6.45) is 0. The van der Waals surface area contributed by atoms with Gasteiger partial charge in [-0.15, -0.1) is 22.7 Å². The molecule has 77 heavy (non-hydrogen) atoms. The third-order valence-electron chi connectivity index (χ3n) is 16.7. The highest BCUT2D eigenvalue weighted by Crippen LogP contribution is 2.64. The Hall–Kier alpha value is -8.80. The molecule has 4 aromatic heterocycles. The van der Waals surface area contributed by atoms with Gasteiger partial charge in [-0.25, -0.2) is 0 Å². The van der Waals surface area contributed by atoms with Gasteiger partial charge in [-0.3, -0.25) is 0 Å². The van der Waals surface area contributed by atoms with Crippen LogP contribution in [0.15, 0.2) is 231 Å². The van der Waals surface area contributed by atoms with Crippen molar-refractivity contribution >= 4 is 66.3 Å². The second-order valence-electron chi connectivity index (χ2n) is 21.6. The molecule has 0 N–H and O–H groups in total. The Morgan fingerprint density at radius 3 is 1.04 bits per heavy atom. The normalized spacial score (nSPS) is 13.0. The Labute approximate surface area is 456 Å². The maximum absolute atomic E-state index is 2.53. The van der Waals surface area contributed by atoms with Crippen LogP contribution in [0.25, 0.3) is 119 Å². The third-order valence-corrected chi connectivity index (χ3v) is 19.1. The zero-order chi connectivity index (χ0) is 51.3. The molecular formula is C73H50N2S2. The minimum atomic E-state index is -0.478. The fourth-order valence-electron chi connectivity index (χ4n) is 13.7. The van der Waals surface area contributed by atoms with Crippen LogP contribution in [-0.4, -0.2) is 9.13 Å². The van der Waals surface area contributed by atoms with Crippen molar-refractivity contribution in [3.63, 3.8) is 0 Å². The highest BCUT2D eigenvalue weighted by atomic mass is 32.1. The Morgan fingerprint density at radius 2 is 0.610 bits per heavy atom. The SMILES string of the molecule is Cc1cc(C)cc(-n2c3ccccc3c3cc(-c4ccc(-c5ccc6c(c5)C5(c7ccccc7-c7ccccc75)c5cc(-c7ccc(-c8ccc9c(c8)c8ccccc8n9-c8cc(C)cc(C)c8)s7)ccc5-6)s4)ccc32)c1. The van der Waals surface area contributed by atoms with E-state index in [1.54, 1.807) is 0 Å². The molecule has 1 spiro atoms. The zero-order valence-electron chi connectivity index (χ0n) is 43.2. The molecule has 0 saturated carbocycles. The first-order valence-corrected chi connectivity index (χ1v) is 28.3. The first-order chi connectivity index (χ1) is 37.8. The van der Waals surface area contributed by atoms with Crippen molar-refractivity contribution in [1.82, 2.24) is 9.13 Å². The lowest BCUT2D eigenvalue weighted by Gasteiger charge is -2.31. The van der Waals surface area contributed by atoms with E-state index in [1.807, 2.05) is 22.7 Å². The summed E-state index contributed by atoms with van der Waals surface area (Å²) in [4.78, 5) is 5.07. The molecule has 16 rings (SSSR count). The summed E-state index contributed by atoms with van der Waals surface area (Å²) in [7, 11) is 0. The summed E-state index contributed by atoms with van der Waals surface area (Å²) < 4.78 is 4.86. The fraction of sp³-hybridized carbons (Fsp3) is 0.0685. The number of aryl methyl sites for hydroxylation is 4. The maximum Gasteiger partial charge on any atom is 0.0725 e. The van der Waals surface area contributed by atoms with Crippen LogP contribution >= 0.6 is 22.7 Å². The molecule has 0 atom stereocenters. The van der Waals surface area contributed by atoms with Gasteiger partial charge in [0.25, 0.3) is 0 Å². The van der Waals surface area contributed by atoms with Gasteiger partial charge in [0.1, 0.15) is 0 Å². The summed E-state index contributed by atoms with van der Waals surface area (Å²) in [5.74, 6) is 0. The molecule has 2 aliphatic carbocycles. The molecular weight excluding hydrogens is 969 g/mol. The monoisotopic (exact) mass is 1020 g/mol. The summed E-state index contributed by atoms with van der Waals surface area (Å²) >= 11 is 3.77. The van der Waals surface area contributed by atoms with E-state index < -0.39 is 5.41 Å². The van der Waals surface area contributed by atoms with Gasteiger partial charge in [0.15, 0.2) is 0 Å².